The second kappa shape index (κ2) is 24.6. The Morgan fingerprint density at radius 3 is 1.82 bits per heavy atom. The molecule has 1 aromatic carbocycles. The minimum absolute atomic E-state index is 0.0108. The molecule has 0 saturated heterocycles. The van der Waals surface area contributed by atoms with E-state index >= 15 is 0 Å². The van der Waals surface area contributed by atoms with Crippen LogP contribution in [0.1, 0.15) is 112 Å². The third kappa shape index (κ3) is 21.7. The Bertz CT molecular complexity index is 1830. The van der Waals surface area contributed by atoms with Gasteiger partial charge in [0.2, 0.25) is 23.3 Å². The summed E-state index contributed by atoms with van der Waals surface area (Å²) in [5.41, 5.74) is -1.99. The summed E-state index contributed by atoms with van der Waals surface area (Å²) in [6.07, 6.45) is 4.13. The number of aryl methyl sites for hydroxylation is 1. The van der Waals surface area contributed by atoms with Crippen LogP contribution < -0.4 is 36.9 Å². The predicted octanol–water partition coefficient (Wildman–Crippen LogP) is 7.15. The minimum atomic E-state index is -1.82. The fraction of sp³-hybridized carbons (Fsp3) is 0.667. The number of nitrogens with zero attached hydrogens (tertiary/aromatic N) is 1. The largest absolute Gasteiger partial charge is 0.447 e. The Kier molecular flexibility index (Phi) is 21.1. The van der Waals surface area contributed by atoms with E-state index in [9.17, 15) is 41.5 Å². The summed E-state index contributed by atoms with van der Waals surface area (Å²) in [4.78, 5) is 67.0. The number of unbranched alkanes of at least 4 members (excludes halogenated alkanes) is 3. The highest BCUT2D eigenvalue weighted by Gasteiger charge is 2.28. The summed E-state index contributed by atoms with van der Waals surface area (Å²) < 4.78 is 75.8. The zero-order chi connectivity index (χ0) is 46.7. The van der Waals surface area contributed by atoms with Crippen molar-refractivity contribution in [2.24, 2.45) is 10.8 Å². The molecule has 1 heterocycles. The lowest BCUT2D eigenvalue weighted by molar-refractivity contribution is -0.138. The molecule has 5 amide bonds. The van der Waals surface area contributed by atoms with Gasteiger partial charge in [0.1, 0.15) is 6.61 Å². The van der Waals surface area contributed by atoms with Crippen LogP contribution in [0.5, 0.6) is 5.75 Å². The number of carbonyl (C=O) groups is 4. The average molecular weight is 888 g/mol. The van der Waals surface area contributed by atoms with Crippen LogP contribution in [0.3, 0.4) is 0 Å². The number of halogens is 4. The quantitative estimate of drug-likeness (QED) is 0.0185. The van der Waals surface area contributed by atoms with Crippen LogP contribution in [0.25, 0.3) is 0 Å². The van der Waals surface area contributed by atoms with Gasteiger partial charge in [0.15, 0.2) is 11.6 Å². The van der Waals surface area contributed by atoms with E-state index < -0.39 is 64.7 Å². The molecular weight excluding hydrogens is 822 g/mol. The van der Waals surface area contributed by atoms with Crippen molar-refractivity contribution in [1.82, 2.24) is 31.2 Å². The number of aromatic nitrogens is 2. The summed E-state index contributed by atoms with van der Waals surface area (Å²) in [5.74, 6) is -9.54. The molecule has 0 fully saturated rings. The molecule has 6 N–H and O–H groups in total. The normalized spacial score (nSPS) is 12.1. The van der Waals surface area contributed by atoms with Crippen LogP contribution in [0.2, 0.25) is 0 Å². The lowest BCUT2D eigenvalue weighted by Crippen LogP contribution is -2.42. The Balaban J connectivity index is 1.56. The number of hydrogen-bond acceptors (Lipinski definition) is 10. The summed E-state index contributed by atoms with van der Waals surface area (Å²) in [5, 5.41) is 13.9. The molecule has 2 aromatic rings. The van der Waals surface area contributed by atoms with Crippen molar-refractivity contribution in [3.63, 3.8) is 0 Å². The van der Waals surface area contributed by atoms with Crippen molar-refractivity contribution in [3.05, 3.63) is 51.4 Å². The van der Waals surface area contributed by atoms with Crippen LogP contribution in [0.15, 0.2) is 16.9 Å². The molecule has 0 spiro atoms. The highest BCUT2D eigenvalue weighted by atomic mass is 19.2. The summed E-state index contributed by atoms with van der Waals surface area (Å²) in [6, 6.07) is 0.642. The maximum atomic E-state index is 13.8. The number of aromatic amines is 1. The van der Waals surface area contributed by atoms with E-state index in [2.05, 4.69) is 55.1 Å². The van der Waals surface area contributed by atoms with Crippen molar-refractivity contribution < 1.29 is 55.7 Å². The lowest BCUT2D eigenvalue weighted by Gasteiger charge is -2.32. The minimum Gasteiger partial charge on any atom is -0.447 e. The first kappa shape index (κ1) is 53.2. The molecule has 0 aliphatic carbocycles. The highest BCUT2D eigenvalue weighted by molar-refractivity contribution is 5.87. The van der Waals surface area contributed by atoms with E-state index in [-0.39, 0.29) is 54.3 Å². The standard InChI is InChI=1S/C42H65F4N7O9/c1-27-22-30(54)52-35(51-27)53-37(57)48-19-13-11-10-12-18-47-36(56)49-24-39(2,3)15-16-40(4,5)25-50-38(58)59-26-42(8,9)61-21-17-41(6,7)60-20-14-31(55)62-34-32(45)28(43)23-29(44)33(34)46/h22-23H,10-21,24-26H2,1-9H3,(H,50,58)(H2,47,49,56)(H3,48,51,52,53,54,57). The molecule has 20 heteroatoms. The number of carbonyl (C=O) groups excluding carboxylic acids is 4. The van der Waals surface area contributed by atoms with Crippen molar-refractivity contribution in [1.29, 1.82) is 0 Å². The van der Waals surface area contributed by atoms with Crippen LogP contribution in [0, 0.1) is 41.0 Å². The van der Waals surface area contributed by atoms with Gasteiger partial charge in [-0.25, -0.2) is 28.1 Å². The van der Waals surface area contributed by atoms with Gasteiger partial charge in [0.05, 0.1) is 30.8 Å². The first-order chi connectivity index (χ1) is 28.8. The SMILES string of the molecule is Cc1cc(=O)[nH]c(NC(=O)NCCCCCCNC(=O)NCC(C)(C)CCC(C)(C)CNC(=O)OCC(C)(C)OCCC(C)(C)OCCC(=O)Oc2c(F)c(F)cc(F)c2F)n1. The van der Waals surface area contributed by atoms with Crippen LogP contribution in [-0.4, -0.2) is 91.3 Å². The van der Waals surface area contributed by atoms with Gasteiger partial charge in [0, 0.05) is 44.0 Å². The number of amides is 5. The zero-order valence-electron chi connectivity index (χ0n) is 37.4. The van der Waals surface area contributed by atoms with Crippen LogP contribution >= 0.6 is 0 Å². The van der Waals surface area contributed by atoms with Gasteiger partial charge < -0.3 is 40.2 Å². The van der Waals surface area contributed by atoms with Gasteiger partial charge in [-0.2, -0.15) is 8.78 Å². The molecule has 62 heavy (non-hydrogen) atoms. The van der Waals surface area contributed by atoms with E-state index in [1.807, 2.05) is 13.8 Å². The second-order valence-corrected chi connectivity index (χ2v) is 17.9. The van der Waals surface area contributed by atoms with Gasteiger partial charge in [-0.05, 0) is 77.6 Å². The van der Waals surface area contributed by atoms with E-state index in [4.69, 9.17) is 14.2 Å². The molecular formula is C42H65F4N7O9. The number of alkyl carbamates (subject to hydrolysis) is 1. The van der Waals surface area contributed by atoms with Crippen LogP contribution in [0.4, 0.5) is 37.9 Å². The molecule has 0 unspecified atom stereocenters. The van der Waals surface area contributed by atoms with Gasteiger partial charge >= 0.3 is 24.1 Å². The monoisotopic (exact) mass is 887 g/mol. The molecule has 0 saturated carbocycles. The third-order valence-corrected chi connectivity index (χ3v) is 9.53. The van der Waals surface area contributed by atoms with Gasteiger partial charge in [0.25, 0.3) is 5.56 Å². The average Bonchev–Trinajstić information content (AvgIpc) is 3.16. The summed E-state index contributed by atoms with van der Waals surface area (Å²) in [6.45, 7) is 18.5. The molecule has 0 radical (unpaired) electrons. The van der Waals surface area contributed by atoms with Crippen molar-refractivity contribution in [2.75, 3.05) is 51.3 Å². The molecule has 16 nitrogen and oxygen atoms in total. The topological polar surface area (TPSA) is 211 Å². The van der Waals surface area contributed by atoms with E-state index in [0.717, 1.165) is 38.5 Å². The number of nitrogens with one attached hydrogen (secondary N) is 6. The fourth-order valence-electron chi connectivity index (χ4n) is 5.54. The lowest BCUT2D eigenvalue weighted by atomic mass is 9.79. The fourth-order valence-corrected chi connectivity index (χ4v) is 5.54. The van der Waals surface area contributed by atoms with Crippen molar-refractivity contribution >= 4 is 30.1 Å². The molecule has 0 bridgehead atoms. The predicted molar refractivity (Wildman–Crippen MR) is 224 cm³/mol. The Morgan fingerprint density at radius 2 is 1.24 bits per heavy atom. The van der Waals surface area contributed by atoms with E-state index in [1.54, 1.807) is 34.6 Å². The number of anilines is 1. The van der Waals surface area contributed by atoms with E-state index in [0.29, 0.717) is 38.3 Å². The zero-order valence-corrected chi connectivity index (χ0v) is 37.4. The van der Waals surface area contributed by atoms with Gasteiger partial charge in [-0.3, -0.25) is 19.9 Å². The molecule has 2 rings (SSSR count). The first-order valence-electron chi connectivity index (χ1n) is 20.7. The second-order valence-electron chi connectivity index (χ2n) is 17.9. The number of rotatable bonds is 26. The Labute approximate surface area is 360 Å². The third-order valence-electron chi connectivity index (χ3n) is 9.53. The molecule has 350 valence electrons. The molecule has 1 aromatic heterocycles. The summed E-state index contributed by atoms with van der Waals surface area (Å²) in [7, 11) is 0. The smallest absolute Gasteiger partial charge is 0.407 e. The number of esters is 1. The number of hydrogen-bond donors (Lipinski definition) is 6. The molecule has 0 aliphatic rings. The number of benzene rings is 1. The Hall–Kier alpha value is -4.98. The van der Waals surface area contributed by atoms with E-state index in [1.165, 1.54) is 6.07 Å². The van der Waals surface area contributed by atoms with Gasteiger partial charge in [-0.15, -0.1) is 0 Å². The van der Waals surface area contributed by atoms with Crippen LogP contribution in [-0.2, 0) is 19.0 Å². The summed E-state index contributed by atoms with van der Waals surface area (Å²) >= 11 is 0. The maximum Gasteiger partial charge on any atom is 0.407 e. The highest BCUT2D eigenvalue weighted by Crippen LogP contribution is 2.30. The van der Waals surface area contributed by atoms with Crippen molar-refractivity contribution in [3.8, 4) is 5.75 Å². The number of H-pyrrole nitrogens is 1. The maximum absolute atomic E-state index is 13.8. The first-order valence-corrected chi connectivity index (χ1v) is 20.7. The Morgan fingerprint density at radius 1 is 0.694 bits per heavy atom. The number of urea groups is 2. The molecule has 0 aliphatic heterocycles. The molecule has 0 atom stereocenters. The van der Waals surface area contributed by atoms with Gasteiger partial charge in [-0.1, -0.05) is 40.5 Å². The van der Waals surface area contributed by atoms with Crippen molar-refractivity contribution in [2.45, 2.75) is 125 Å². The number of ether oxygens (including phenoxy) is 4.